The van der Waals surface area contributed by atoms with E-state index in [1.807, 2.05) is 18.2 Å². The van der Waals surface area contributed by atoms with Crippen molar-refractivity contribution >= 4 is 11.8 Å². The number of amides is 1. The Hall–Kier alpha value is -1.51. The molecule has 0 aliphatic carbocycles. The summed E-state index contributed by atoms with van der Waals surface area (Å²) in [6.45, 7) is 4.21. The number of benzene rings is 1. The van der Waals surface area contributed by atoms with Gasteiger partial charge in [0.1, 0.15) is 0 Å². The fourth-order valence-electron chi connectivity index (χ4n) is 1.28. The highest BCUT2D eigenvalue weighted by molar-refractivity contribution is 5.82. The van der Waals surface area contributed by atoms with Gasteiger partial charge >= 0.3 is 6.09 Å². The molecule has 0 bridgehead atoms. The Morgan fingerprint density at radius 3 is 2.79 bits per heavy atom. The Labute approximate surface area is 83.8 Å². The lowest BCUT2D eigenvalue weighted by molar-refractivity contribution is 0.185. The minimum absolute atomic E-state index is 0.443. The van der Waals surface area contributed by atoms with Gasteiger partial charge in [-0.25, -0.2) is 9.90 Å². The third-order valence-corrected chi connectivity index (χ3v) is 2.31. The summed E-state index contributed by atoms with van der Waals surface area (Å²) in [6, 6.07) is 7.38. The summed E-state index contributed by atoms with van der Waals surface area (Å²) >= 11 is 0. The number of hydrogen-bond donors (Lipinski definition) is 1. The maximum Gasteiger partial charge on any atom is 0.454 e. The zero-order chi connectivity index (χ0) is 10.6. The van der Waals surface area contributed by atoms with Crippen LogP contribution in [0.3, 0.4) is 0 Å². The monoisotopic (exact) mass is 192 g/mol. The number of rotatable bonds is 3. The topological polar surface area (TPSA) is 49.0 Å². The van der Waals surface area contributed by atoms with E-state index in [2.05, 4.69) is 19.2 Å². The van der Waals surface area contributed by atoms with E-state index in [-0.39, 0.29) is 0 Å². The Morgan fingerprint density at radius 1 is 1.50 bits per heavy atom. The van der Waals surface area contributed by atoms with Gasteiger partial charge in [0, 0.05) is 5.69 Å². The van der Waals surface area contributed by atoms with E-state index in [0.29, 0.717) is 11.6 Å². The van der Waals surface area contributed by atoms with E-state index in [4.69, 9.17) is 0 Å². The van der Waals surface area contributed by atoms with E-state index in [0.717, 1.165) is 12.0 Å². The molecular formula is C11H14NO2. The van der Waals surface area contributed by atoms with Crippen molar-refractivity contribution in [1.82, 2.24) is 0 Å². The van der Waals surface area contributed by atoms with Crippen LogP contribution >= 0.6 is 0 Å². The Morgan fingerprint density at radius 2 is 2.21 bits per heavy atom. The van der Waals surface area contributed by atoms with Gasteiger partial charge in [-0.2, -0.15) is 0 Å². The van der Waals surface area contributed by atoms with E-state index < -0.39 is 6.09 Å². The second kappa shape index (κ2) is 4.65. The first-order chi connectivity index (χ1) is 6.63. The molecule has 0 saturated heterocycles. The van der Waals surface area contributed by atoms with E-state index in [1.54, 1.807) is 6.07 Å². The standard InChI is InChI=1S/C11H14NO2/c1-3-8(2)9-5-4-6-10(7-9)12-11(13)14/h4-8,12H,3H2,1-2H3. The van der Waals surface area contributed by atoms with Gasteiger partial charge in [0.15, 0.2) is 0 Å². The summed E-state index contributed by atoms with van der Waals surface area (Å²) in [6.07, 6.45) is -0.235. The van der Waals surface area contributed by atoms with Gasteiger partial charge in [-0.3, -0.25) is 5.32 Å². The molecule has 0 aliphatic heterocycles. The summed E-state index contributed by atoms with van der Waals surface area (Å²) < 4.78 is 0. The molecular weight excluding hydrogens is 178 g/mol. The Kier molecular flexibility index (Phi) is 3.51. The molecule has 1 atom stereocenters. The summed E-state index contributed by atoms with van der Waals surface area (Å²) in [5.41, 5.74) is 1.71. The summed E-state index contributed by atoms with van der Waals surface area (Å²) in [5, 5.41) is 12.5. The van der Waals surface area contributed by atoms with Crippen molar-refractivity contribution in [3.8, 4) is 0 Å². The predicted octanol–water partition coefficient (Wildman–Crippen LogP) is 3.16. The molecule has 0 heterocycles. The van der Waals surface area contributed by atoms with Crippen molar-refractivity contribution in [3.63, 3.8) is 0 Å². The number of hydrogen-bond acceptors (Lipinski definition) is 1. The lowest BCUT2D eigenvalue weighted by Gasteiger charge is -2.09. The van der Waals surface area contributed by atoms with Crippen LogP contribution in [-0.4, -0.2) is 6.09 Å². The molecule has 0 saturated carbocycles. The van der Waals surface area contributed by atoms with Crippen LogP contribution in [0.1, 0.15) is 31.7 Å². The molecule has 1 N–H and O–H groups in total. The second-order valence-corrected chi connectivity index (χ2v) is 3.35. The number of carbonyl (C=O) groups is 1. The van der Waals surface area contributed by atoms with Crippen LogP contribution < -0.4 is 5.32 Å². The molecule has 0 aromatic heterocycles. The molecule has 1 unspecified atom stereocenters. The zero-order valence-corrected chi connectivity index (χ0v) is 8.41. The predicted molar refractivity (Wildman–Crippen MR) is 54.9 cm³/mol. The first-order valence-corrected chi connectivity index (χ1v) is 4.71. The van der Waals surface area contributed by atoms with Crippen LogP contribution in [0.25, 0.3) is 0 Å². The maximum atomic E-state index is 10.3. The van der Waals surface area contributed by atoms with Crippen molar-refractivity contribution in [1.29, 1.82) is 0 Å². The van der Waals surface area contributed by atoms with Gasteiger partial charge in [0.05, 0.1) is 0 Å². The van der Waals surface area contributed by atoms with Crippen molar-refractivity contribution in [2.45, 2.75) is 26.2 Å². The van der Waals surface area contributed by atoms with Gasteiger partial charge in [0.25, 0.3) is 0 Å². The highest BCUT2D eigenvalue weighted by Gasteiger charge is 2.05. The van der Waals surface area contributed by atoms with Gasteiger partial charge in [0.2, 0.25) is 0 Å². The average molecular weight is 192 g/mol. The first-order valence-electron chi connectivity index (χ1n) is 4.71. The number of anilines is 1. The quantitative estimate of drug-likeness (QED) is 0.785. The van der Waals surface area contributed by atoms with Crippen LogP contribution in [0, 0.1) is 0 Å². The molecule has 0 fully saturated rings. The summed E-state index contributed by atoms with van der Waals surface area (Å²) in [7, 11) is 0. The minimum Gasteiger partial charge on any atom is -0.288 e. The van der Waals surface area contributed by atoms with E-state index in [1.165, 1.54) is 0 Å². The van der Waals surface area contributed by atoms with Crippen LogP contribution in [0.5, 0.6) is 0 Å². The van der Waals surface area contributed by atoms with Crippen molar-refractivity contribution in [2.75, 3.05) is 5.32 Å². The molecule has 3 heteroatoms. The van der Waals surface area contributed by atoms with Gasteiger partial charge < -0.3 is 0 Å². The fraction of sp³-hybridized carbons (Fsp3) is 0.364. The van der Waals surface area contributed by atoms with E-state index in [9.17, 15) is 9.90 Å². The first kappa shape index (κ1) is 10.6. The lowest BCUT2D eigenvalue weighted by Crippen LogP contribution is -2.06. The summed E-state index contributed by atoms with van der Waals surface area (Å²) in [4.78, 5) is 10.3. The maximum absolute atomic E-state index is 10.3. The highest BCUT2D eigenvalue weighted by Crippen LogP contribution is 2.21. The molecule has 1 rings (SSSR count). The molecule has 75 valence electrons. The van der Waals surface area contributed by atoms with Crippen LogP contribution in [0.15, 0.2) is 24.3 Å². The van der Waals surface area contributed by atoms with Crippen molar-refractivity contribution in [2.24, 2.45) is 0 Å². The van der Waals surface area contributed by atoms with Gasteiger partial charge in [-0.1, -0.05) is 26.0 Å². The molecule has 1 aromatic carbocycles. The average Bonchev–Trinajstić information content (AvgIpc) is 2.16. The Balaban J connectivity index is 2.83. The van der Waals surface area contributed by atoms with Gasteiger partial charge in [-0.05, 0) is 30.0 Å². The molecule has 1 amide bonds. The normalized spacial score (nSPS) is 12.1. The SMILES string of the molecule is CCC(C)c1cccc(NC([O])=O)c1. The number of carbonyl (C=O) groups excluding carboxylic acids is 1. The molecule has 0 spiro atoms. The van der Waals surface area contributed by atoms with E-state index >= 15 is 0 Å². The largest absolute Gasteiger partial charge is 0.454 e. The third-order valence-electron chi connectivity index (χ3n) is 2.31. The third kappa shape index (κ3) is 2.76. The Bertz CT molecular complexity index is 323. The highest BCUT2D eigenvalue weighted by atomic mass is 16.4. The molecule has 0 aliphatic rings. The van der Waals surface area contributed by atoms with Crippen LogP contribution in [0.2, 0.25) is 0 Å². The molecule has 3 nitrogen and oxygen atoms in total. The smallest absolute Gasteiger partial charge is 0.288 e. The molecule has 14 heavy (non-hydrogen) atoms. The molecule has 1 aromatic rings. The van der Waals surface area contributed by atoms with Crippen molar-refractivity contribution < 1.29 is 9.90 Å². The summed E-state index contributed by atoms with van der Waals surface area (Å²) in [5.74, 6) is 0.443. The van der Waals surface area contributed by atoms with Crippen LogP contribution in [0.4, 0.5) is 10.5 Å². The minimum atomic E-state index is -1.27. The second-order valence-electron chi connectivity index (χ2n) is 3.35. The van der Waals surface area contributed by atoms with Gasteiger partial charge in [-0.15, -0.1) is 0 Å². The van der Waals surface area contributed by atoms with Crippen LogP contribution in [-0.2, 0) is 5.11 Å². The fourth-order valence-corrected chi connectivity index (χ4v) is 1.28. The number of nitrogens with one attached hydrogen (secondary N) is 1. The van der Waals surface area contributed by atoms with Crippen molar-refractivity contribution in [3.05, 3.63) is 29.8 Å². The molecule has 1 radical (unpaired) electrons. The zero-order valence-electron chi connectivity index (χ0n) is 8.41. The lowest BCUT2D eigenvalue weighted by atomic mass is 9.98.